The van der Waals surface area contributed by atoms with E-state index in [1.54, 1.807) is 7.11 Å². The molecule has 5 nitrogen and oxygen atoms in total. The average molecular weight is 419 g/mol. The summed E-state index contributed by atoms with van der Waals surface area (Å²) in [7, 11) is 5.92. The summed E-state index contributed by atoms with van der Waals surface area (Å²) >= 11 is 0. The summed E-state index contributed by atoms with van der Waals surface area (Å²) in [5, 5.41) is 8.54. The number of fused-ring (bicyclic) bond motifs is 1. The molecular weight excluding hydrogens is 384 g/mol. The lowest BCUT2D eigenvalue weighted by atomic mass is 9.86. The molecule has 164 valence electrons. The highest BCUT2D eigenvalue weighted by Crippen LogP contribution is 2.30. The fourth-order valence-electron chi connectivity index (χ4n) is 4.58. The largest absolute Gasteiger partial charge is 0.496 e. The molecule has 1 aromatic heterocycles. The number of rotatable bonds is 8. The van der Waals surface area contributed by atoms with Crippen LogP contribution in [0.25, 0.3) is 10.9 Å². The number of anilines is 2. The van der Waals surface area contributed by atoms with E-state index < -0.39 is 0 Å². The maximum Gasteiger partial charge on any atom is 0.128 e. The van der Waals surface area contributed by atoms with Crippen molar-refractivity contribution in [3.63, 3.8) is 0 Å². The van der Waals surface area contributed by atoms with Crippen molar-refractivity contribution in [2.24, 2.45) is 5.92 Å². The Kier molecular flexibility index (Phi) is 6.92. The van der Waals surface area contributed by atoms with Gasteiger partial charge in [-0.25, -0.2) is 4.98 Å². The second kappa shape index (κ2) is 10.0. The van der Waals surface area contributed by atoms with Crippen molar-refractivity contribution in [2.45, 2.75) is 38.3 Å². The second-order valence-electron chi connectivity index (χ2n) is 8.74. The first kappa shape index (κ1) is 21.4. The van der Waals surface area contributed by atoms with Crippen LogP contribution in [-0.4, -0.2) is 38.8 Å². The molecule has 0 spiro atoms. The van der Waals surface area contributed by atoms with E-state index in [1.807, 2.05) is 12.1 Å². The van der Waals surface area contributed by atoms with Gasteiger partial charge in [0.25, 0.3) is 0 Å². The van der Waals surface area contributed by atoms with Gasteiger partial charge < -0.3 is 20.3 Å². The van der Waals surface area contributed by atoms with Gasteiger partial charge in [0.15, 0.2) is 0 Å². The Morgan fingerprint density at radius 1 is 1.00 bits per heavy atom. The fraction of sp³-hybridized carbons (Fsp3) is 0.423. The molecule has 1 saturated carbocycles. The lowest BCUT2D eigenvalue weighted by Gasteiger charge is -2.30. The molecule has 0 unspecified atom stereocenters. The second-order valence-corrected chi connectivity index (χ2v) is 8.74. The van der Waals surface area contributed by atoms with Gasteiger partial charge in [0.05, 0.1) is 12.6 Å². The molecule has 0 bridgehead atoms. The Morgan fingerprint density at radius 3 is 2.52 bits per heavy atom. The van der Waals surface area contributed by atoms with E-state index in [0.717, 1.165) is 36.1 Å². The van der Waals surface area contributed by atoms with E-state index in [-0.39, 0.29) is 0 Å². The van der Waals surface area contributed by atoms with Crippen molar-refractivity contribution in [1.82, 2.24) is 10.3 Å². The molecule has 0 amide bonds. The SMILES string of the molecule is COc1ccccc1CNCC1CCC(Nc2cc(N(C)C)c3ccccc3n2)CC1. The van der Waals surface area contributed by atoms with E-state index in [9.17, 15) is 0 Å². The molecule has 0 radical (unpaired) electrons. The molecule has 31 heavy (non-hydrogen) atoms. The number of benzene rings is 2. The molecule has 0 aliphatic heterocycles. The maximum absolute atomic E-state index is 5.45. The number of hydrogen-bond donors (Lipinski definition) is 2. The number of pyridine rings is 1. The summed E-state index contributed by atoms with van der Waals surface area (Å²) in [4.78, 5) is 7.04. The topological polar surface area (TPSA) is 49.4 Å². The Bertz CT molecular complexity index is 996. The third-order valence-electron chi connectivity index (χ3n) is 6.32. The minimum atomic E-state index is 0.495. The Morgan fingerprint density at radius 2 is 1.74 bits per heavy atom. The lowest BCUT2D eigenvalue weighted by Crippen LogP contribution is -2.31. The summed E-state index contributed by atoms with van der Waals surface area (Å²) in [5.74, 6) is 2.68. The van der Waals surface area contributed by atoms with E-state index >= 15 is 0 Å². The van der Waals surface area contributed by atoms with Crippen LogP contribution in [0.5, 0.6) is 5.75 Å². The monoisotopic (exact) mass is 418 g/mol. The summed E-state index contributed by atoms with van der Waals surface area (Å²) in [6, 6.07) is 19.3. The number of methoxy groups -OCH3 is 1. The van der Waals surface area contributed by atoms with Gasteiger partial charge in [0.2, 0.25) is 0 Å². The van der Waals surface area contributed by atoms with Crippen LogP contribution in [0.2, 0.25) is 0 Å². The van der Waals surface area contributed by atoms with Crippen LogP contribution in [0.1, 0.15) is 31.2 Å². The van der Waals surface area contributed by atoms with Crippen LogP contribution in [0, 0.1) is 5.92 Å². The van der Waals surface area contributed by atoms with Crippen LogP contribution < -0.4 is 20.3 Å². The van der Waals surface area contributed by atoms with Crippen LogP contribution in [0.15, 0.2) is 54.6 Å². The van der Waals surface area contributed by atoms with Crippen molar-refractivity contribution >= 4 is 22.4 Å². The molecule has 0 atom stereocenters. The van der Waals surface area contributed by atoms with E-state index in [4.69, 9.17) is 9.72 Å². The highest BCUT2D eigenvalue weighted by molar-refractivity contribution is 5.93. The highest BCUT2D eigenvalue weighted by Gasteiger charge is 2.21. The molecular formula is C26H34N4O. The van der Waals surface area contributed by atoms with Crippen LogP contribution >= 0.6 is 0 Å². The van der Waals surface area contributed by atoms with E-state index in [0.29, 0.717) is 6.04 Å². The number of ether oxygens (including phenoxy) is 1. The number of para-hydroxylation sites is 2. The van der Waals surface area contributed by atoms with Crippen molar-refractivity contribution in [3.05, 3.63) is 60.2 Å². The molecule has 4 rings (SSSR count). The van der Waals surface area contributed by atoms with Crippen LogP contribution in [-0.2, 0) is 6.54 Å². The maximum atomic E-state index is 5.45. The molecule has 2 N–H and O–H groups in total. The Hall–Kier alpha value is -2.79. The standard InChI is InChI=1S/C26H34N4O/c1-30(2)24-16-26(29-23-10-6-5-9-22(23)24)28-21-14-12-19(13-15-21)17-27-18-20-8-4-7-11-25(20)31-3/h4-11,16,19,21,27H,12-15,17-18H2,1-3H3,(H,28,29). The number of nitrogens with zero attached hydrogens (tertiary/aromatic N) is 2. The van der Waals surface area contributed by atoms with Gasteiger partial charge in [-0.05, 0) is 50.3 Å². The molecule has 0 saturated heterocycles. The van der Waals surface area contributed by atoms with Gasteiger partial charge in [-0.2, -0.15) is 0 Å². The molecule has 1 fully saturated rings. The first-order chi connectivity index (χ1) is 15.1. The highest BCUT2D eigenvalue weighted by atomic mass is 16.5. The van der Waals surface area contributed by atoms with E-state index in [1.165, 1.54) is 42.3 Å². The molecule has 2 aromatic carbocycles. The third-order valence-corrected chi connectivity index (χ3v) is 6.32. The van der Waals surface area contributed by atoms with Gasteiger partial charge in [-0.1, -0.05) is 36.4 Å². The Labute approximate surface area is 185 Å². The molecule has 3 aromatic rings. The Balaban J connectivity index is 1.29. The molecule has 1 heterocycles. The first-order valence-electron chi connectivity index (χ1n) is 11.3. The predicted octanol–water partition coefficient (Wildman–Crippen LogP) is 5.07. The van der Waals surface area contributed by atoms with Gasteiger partial charge in [-0.3, -0.25) is 0 Å². The average Bonchev–Trinajstić information content (AvgIpc) is 2.80. The minimum absolute atomic E-state index is 0.495. The summed E-state index contributed by atoms with van der Waals surface area (Å²) in [5.41, 5.74) is 3.48. The van der Waals surface area contributed by atoms with Gasteiger partial charge in [-0.15, -0.1) is 0 Å². The zero-order valence-electron chi connectivity index (χ0n) is 18.9. The van der Waals surface area contributed by atoms with Crippen molar-refractivity contribution < 1.29 is 4.74 Å². The van der Waals surface area contributed by atoms with Gasteiger partial charge >= 0.3 is 0 Å². The third kappa shape index (κ3) is 5.28. The molecule has 1 aliphatic rings. The van der Waals surface area contributed by atoms with Gasteiger partial charge in [0.1, 0.15) is 11.6 Å². The van der Waals surface area contributed by atoms with Crippen molar-refractivity contribution in [3.8, 4) is 5.75 Å². The number of aromatic nitrogens is 1. The normalized spacial score (nSPS) is 18.7. The van der Waals surface area contributed by atoms with Crippen molar-refractivity contribution in [1.29, 1.82) is 0 Å². The lowest BCUT2D eigenvalue weighted by molar-refractivity contribution is 0.323. The fourth-order valence-corrected chi connectivity index (χ4v) is 4.58. The van der Waals surface area contributed by atoms with E-state index in [2.05, 4.69) is 72.1 Å². The zero-order valence-corrected chi connectivity index (χ0v) is 18.9. The summed E-state index contributed by atoms with van der Waals surface area (Å²) in [6.07, 6.45) is 4.86. The predicted molar refractivity (Wildman–Crippen MR) is 130 cm³/mol. The minimum Gasteiger partial charge on any atom is -0.496 e. The van der Waals surface area contributed by atoms with Crippen LogP contribution in [0.3, 0.4) is 0 Å². The first-order valence-corrected chi connectivity index (χ1v) is 11.3. The molecule has 5 heteroatoms. The summed E-state index contributed by atoms with van der Waals surface area (Å²) < 4.78 is 5.45. The van der Waals surface area contributed by atoms with Gasteiger partial charge in [0, 0.05) is 49.4 Å². The zero-order chi connectivity index (χ0) is 21.6. The number of nitrogens with one attached hydrogen (secondary N) is 2. The quantitative estimate of drug-likeness (QED) is 0.535. The van der Waals surface area contributed by atoms with Crippen molar-refractivity contribution in [2.75, 3.05) is 38.0 Å². The smallest absolute Gasteiger partial charge is 0.128 e. The van der Waals surface area contributed by atoms with Crippen LogP contribution in [0.4, 0.5) is 11.5 Å². The summed E-state index contributed by atoms with van der Waals surface area (Å²) in [6.45, 7) is 1.92. The number of hydrogen-bond acceptors (Lipinski definition) is 5. The molecule has 1 aliphatic carbocycles.